The van der Waals surface area contributed by atoms with Crippen LogP contribution in [0.25, 0.3) is 38.8 Å². The SMILES string of the molecule is O=c1c2cncc(-c3ccccc3)c2ccn1Cc1cn2cc(-c3cccc(NCC4CCC4)n3)ccc2n1. The van der Waals surface area contributed by atoms with Gasteiger partial charge in [-0.3, -0.25) is 9.78 Å². The standard InChI is InChI=1S/C32H28N6O/c39-32-28-18-33-17-27(23-8-2-1-3-9-23)26(28)14-15-37(32)20-25-21-38-19-24(12-13-31(38)35-25)29-10-5-11-30(36-29)34-16-22-6-4-7-22/h1-3,5,8-15,17-19,21-22H,4,6-7,16,20H2,(H,34,36). The number of rotatable bonds is 7. The molecule has 0 unspecified atom stereocenters. The number of benzene rings is 1. The van der Waals surface area contributed by atoms with Crippen molar-refractivity contribution in [1.29, 1.82) is 0 Å². The first kappa shape index (κ1) is 23.3. The Morgan fingerprint density at radius 1 is 0.846 bits per heavy atom. The summed E-state index contributed by atoms with van der Waals surface area (Å²) in [7, 11) is 0. The van der Waals surface area contributed by atoms with Crippen LogP contribution in [0.1, 0.15) is 25.0 Å². The molecule has 7 rings (SSSR count). The Balaban J connectivity index is 1.16. The molecular formula is C32H28N6O. The number of hydrogen-bond donors (Lipinski definition) is 1. The van der Waals surface area contributed by atoms with E-state index < -0.39 is 0 Å². The number of pyridine rings is 4. The Hall–Kier alpha value is -4.78. The summed E-state index contributed by atoms with van der Waals surface area (Å²) >= 11 is 0. The van der Waals surface area contributed by atoms with Crippen molar-refractivity contribution >= 4 is 22.2 Å². The highest BCUT2D eigenvalue weighted by Gasteiger charge is 2.17. The monoisotopic (exact) mass is 512 g/mol. The van der Waals surface area contributed by atoms with Gasteiger partial charge in [-0.05, 0) is 60.0 Å². The molecule has 1 fully saturated rings. The zero-order valence-electron chi connectivity index (χ0n) is 21.5. The van der Waals surface area contributed by atoms with Crippen LogP contribution in [-0.4, -0.2) is 30.5 Å². The average Bonchev–Trinajstić information content (AvgIpc) is 3.36. The number of aromatic nitrogens is 5. The van der Waals surface area contributed by atoms with Crippen molar-refractivity contribution < 1.29 is 0 Å². The smallest absolute Gasteiger partial charge is 0.260 e. The Bertz CT molecular complexity index is 1850. The lowest BCUT2D eigenvalue weighted by Gasteiger charge is -2.25. The molecule has 0 bridgehead atoms. The molecule has 192 valence electrons. The molecule has 7 nitrogen and oxygen atoms in total. The van der Waals surface area contributed by atoms with Crippen molar-refractivity contribution in [3.8, 4) is 22.4 Å². The highest BCUT2D eigenvalue weighted by molar-refractivity contribution is 5.95. The topological polar surface area (TPSA) is 77.1 Å². The zero-order valence-corrected chi connectivity index (χ0v) is 21.5. The first-order chi connectivity index (χ1) is 19.2. The third-order valence-corrected chi connectivity index (χ3v) is 7.66. The second kappa shape index (κ2) is 9.83. The number of nitrogens with one attached hydrogen (secondary N) is 1. The Labute approximate surface area is 225 Å². The Morgan fingerprint density at radius 3 is 2.59 bits per heavy atom. The van der Waals surface area contributed by atoms with Crippen LogP contribution in [0.2, 0.25) is 0 Å². The van der Waals surface area contributed by atoms with Gasteiger partial charge in [-0.25, -0.2) is 9.97 Å². The second-order valence-corrected chi connectivity index (χ2v) is 10.3. The van der Waals surface area contributed by atoms with Crippen LogP contribution in [0.5, 0.6) is 0 Å². The molecular weight excluding hydrogens is 484 g/mol. The van der Waals surface area contributed by atoms with Gasteiger partial charge in [-0.2, -0.15) is 0 Å². The van der Waals surface area contributed by atoms with Crippen LogP contribution < -0.4 is 10.9 Å². The highest BCUT2D eigenvalue weighted by atomic mass is 16.1. The van der Waals surface area contributed by atoms with E-state index in [1.54, 1.807) is 10.8 Å². The van der Waals surface area contributed by atoms with E-state index in [0.29, 0.717) is 11.9 Å². The summed E-state index contributed by atoms with van der Waals surface area (Å²) in [4.78, 5) is 27.4. The predicted molar refractivity (Wildman–Crippen MR) is 155 cm³/mol. The van der Waals surface area contributed by atoms with Crippen LogP contribution in [0.15, 0.2) is 103 Å². The van der Waals surface area contributed by atoms with E-state index >= 15 is 0 Å². The highest BCUT2D eigenvalue weighted by Crippen LogP contribution is 2.27. The number of imidazole rings is 1. The molecule has 5 aromatic heterocycles. The fraction of sp³-hybridized carbons (Fsp3) is 0.188. The molecule has 0 atom stereocenters. The van der Waals surface area contributed by atoms with Gasteiger partial charge in [0.2, 0.25) is 0 Å². The maximum absolute atomic E-state index is 13.4. The fourth-order valence-corrected chi connectivity index (χ4v) is 5.27. The molecule has 0 saturated heterocycles. The van der Waals surface area contributed by atoms with Crippen LogP contribution in [0.3, 0.4) is 0 Å². The van der Waals surface area contributed by atoms with Crippen molar-refractivity contribution in [1.82, 2.24) is 23.9 Å². The van der Waals surface area contributed by atoms with Gasteiger partial charge >= 0.3 is 0 Å². The molecule has 1 aromatic carbocycles. The lowest BCUT2D eigenvalue weighted by molar-refractivity contribution is 0.333. The van der Waals surface area contributed by atoms with Gasteiger partial charge in [-0.1, -0.05) is 42.8 Å². The van der Waals surface area contributed by atoms with E-state index in [1.165, 1.54) is 19.3 Å². The van der Waals surface area contributed by atoms with Crippen LogP contribution in [-0.2, 0) is 6.54 Å². The van der Waals surface area contributed by atoms with E-state index in [9.17, 15) is 4.79 Å². The largest absolute Gasteiger partial charge is 0.370 e. The first-order valence-electron chi connectivity index (χ1n) is 13.4. The summed E-state index contributed by atoms with van der Waals surface area (Å²) in [6, 6.07) is 22.1. The van der Waals surface area contributed by atoms with Gasteiger partial charge in [-0.15, -0.1) is 0 Å². The van der Waals surface area contributed by atoms with Crippen molar-refractivity contribution in [2.75, 3.05) is 11.9 Å². The van der Waals surface area contributed by atoms with E-state index in [0.717, 1.165) is 57.4 Å². The molecule has 0 aliphatic heterocycles. The lowest BCUT2D eigenvalue weighted by atomic mass is 9.85. The summed E-state index contributed by atoms with van der Waals surface area (Å²) in [5.74, 6) is 1.68. The van der Waals surface area contributed by atoms with E-state index in [1.807, 2.05) is 95.9 Å². The maximum Gasteiger partial charge on any atom is 0.260 e. The fourth-order valence-electron chi connectivity index (χ4n) is 5.27. The van der Waals surface area contributed by atoms with Crippen molar-refractivity contribution in [2.45, 2.75) is 25.8 Å². The quantitative estimate of drug-likeness (QED) is 0.282. The summed E-state index contributed by atoms with van der Waals surface area (Å²) in [6.07, 6.45) is 13.3. The maximum atomic E-state index is 13.4. The first-order valence-corrected chi connectivity index (χ1v) is 13.4. The summed E-state index contributed by atoms with van der Waals surface area (Å²) < 4.78 is 3.70. The number of hydrogen-bond acceptors (Lipinski definition) is 5. The van der Waals surface area contributed by atoms with Crippen molar-refractivity contribution in [3.05, 3.63) is 114 Å². The average molecular weight is 513 g/mol. The molecule has 39 heavy (non-hydrogen) atoms. The van der Waals surface area contributed by atoms with Crippen LogP contribution >= 0.6 is 0 Å². The molecule has 0 radical (unpaired) electrons. The van der Waals surface area contributed by atoms with Gasteiger partial charge in [0, 0.05) is 48.7 Å². The van der Waals surface area contributed by atoms with Crippen LogP contribution in [0, 0.1) is 5.92 Å². The molecule has 1 saturated carbocycles. The van der Waals surface area contributed by atoms with Crippen molar-refractivity contribution in [3.63, 3.8) is 0 Å². The Kier molecular flexibility index (Phi) is 5.89. The molecule has 7 heteroatoms. The number of anilines is 1. The zero-order chi connectivity index (χ0) is 26.2. The normalized spacial score (nSPS) is 13.5. The lowest BCUT2D eigenvalue weighted by Crippen LogP contribution is -2.21. The molecule has 6 aromatic rings. The van der Waals surface area contributed by atoms with Gasteiger partial charge in [0.15, 0.2) is 0 Å². The van der Waals surface area contributed by atoms with Crippen molar-refractivity contribution in [2.24, 2.45) is 5.92 Å². The molecule has 0 spiro atoms. The summed E-state index contributed by atoms with van der Waals surface area (Å²) in [5, 5.41) is 4.98. The molecule has 5 heterocycles. The molecule has 1 aliphatic rings. The number of fused-ring (bicyclic) bond motifs is 2. The van der Waals surface area contributed by atoms with Gasteiger partial charge in [0.05, 0.1) is 23.3 Å². The predicted octanol–water partition coefficient (Wildman–Crippen LogP) is 6.03. The van der Waals surface area contributed by atoms with Crippen LogP contribution in [0.4, 0.5) is 5.82 Å². The van der Waals surface area contributed by atoms with Gasteiger partial charge in [0.1, 0.15) is 11.5 Å². The second-order valence-electron chi connectivity index (χ2n) is 10.3. The summed E-state index contributed by atoms with van der Waals surface area (Å²) in [6.45, 7) is 1.36. The molecule has 1 aliphatic carbocycles. The van der Waals surface area contributed by atoms with E-state index in [4.69, 9.17) is 9.97 Å². The number of nitrogens with zero attached hydrogens (tertiary/aromatic N) is 5. The third-order valence-electron chi connectivity index (χ3n) is 7.66. The third kappa shape index (κ3) is 4.56. The Morgan fingerprint density at radius 2 is 1.74 bits per heavy atom. The van der Waals surface area contributed by atoms with Gasteiger partial charge in [0.25, 0.3) is 5.56 Å². The molecule has 0 amide bonds. The molecule has 1 N–H and O–H groups in total. The summed E-state index contributed by atoms with van der Waals surface area (Å²) in [5.41, 5.74) is 5.48. The van der Waals surface area contributed by atoms with E-state index in [2.05, 4.69) is 10.3 Å². The minimum absolute atomic E-state index is 0.0778. The minimum Gasteiger partial charge on any atom is -0.370 e. The van der Waals surface area contributed by atoms with Gasteiger partial charge < -0.3 is 14.3 Å². The van der Waals surface area contributed by atoms with E-state index in [-0.39, 0.29) is 5.56 Å². The minimum atomic E-state index is -0.0778.